The van der Waals surface area contributed by atoms with Crippen molar-refractivity contribution in [3.05, 3.63) is 28.2 Å². The molecule has 0 aromatic heterocycles. The second kappa shape index (κ2) is 4.06. The molecule has 0 unspecified atom stereocenters. The van der Waals surface area contributed by atoms with Gasteiger partial charge in [-0.1, -0.05) is 37.8 Å². The highest BCUT2D eigenvalue weighted by Gasteiger charge is 2.39. The molecule has 0 bridgehead atoms. The van der Waals surface area contributed by atoms with Gasteiger partial charge in [0.25, 0.3) is 0 Å². The molecule has 1 saturated carbocycles. The quantitative estimate of drug-likeness (QED) is 0.739. The van der Waals surface area contributed by atoms with Gasteiger partial charge in [0.2, 0.25) is 0 Å². The summed E-state index contributed by atoms with van der Waals surface area (Å²) in [5, 5.41) is 3.61. The molecule has 2 aliphatic rings. The van der Waals surface area contributed by atoms with Gasteiger partial charge in [0, 0.05) is 16.4 Å². The Bertz CT molecular complexity index is 392. The lowest BCUT2D eigenvalue weighted by atomic mass is 9.76. The van der Waals surface area contributed by atoms with Gasteiger partial charge in [-0.25, -0.2) is 0 Å². The summed E-state index contributed by atoms with van der Waals surface area (Å²) in [4.78, 5) is 0. The molecule has 0 amide bonds. The normalized spacial score (nSPS) is 22.6. The minimum absolute atomic E-state index is 0.440. The number of halogens is 1. The molecule has 1 aromatic carbocycles. The van der Waals surface area contributed by atoms with E-state index in [1.807, 2.05) is 0 Å². The average Bonchev–Trinajstić information content (AvgIpc) is 2.49. The van der Waals surface area contributed by atoms with Crippen molar-refractivity contribution >= 4 is 21.6 Å². The Kier molecular flexibility index (Phi) is 2.70. The van der Waals surface area contributed by atoms with Gasteiger partial charge in [-0.2, -0.15) is 0 Å². The smallest absolute Gasteiger partial charge is 0.0523 e. The average molecular weight is 280 g/mol. The third-order valence-electron chi connectivity index (χ3n) is 4.25. The summed E-state index contributed by atoms with van der Waals surface area (Å²) in [6.07, 6.45) is 8.37. The minimum Gasteiger partial charge on any atom is -0.383 e. The van der Waals surface area contributed by atoms with E-state index < -0.39 is 0 Å². The second-order valence-corrected chi connectivity index (χ2v) is 6.06. The fraction of sp³-hybridized carbons (Fsp3) is 0.571. The molecule has 86 valence electrons. The molecular formula is C14H18BrN. The zero-order chi connectivity index (χ0) is 11.0. The predicted octanol–water partition coefficient (Wildman–Crippen LogP) is 4.47. The lowest BCUT2D eigenvalue weighted by Crippen LogP contribution is -2.27. The van der Waals surface area contributed by atoms with Gasteiger partial charge in [0.05, 0.1) is 5.69 Å². The molecule has 1 aromatic rings. The van der Waals surface area contributed by atoms with Crippen LogP contribution in [0.4, 0.5) is 5.69 Å². The zero-order valence-electron chi connectivity index (χ0n) is 9.56. The van der Waals surface area contributed by atoms with E-state index in [0.29, 0.717) is 5.41 Å². The van der Waals surface area contributed by atoms with Crippen molar-refractivity contribution < 1.29 is 0 Å². The van der Waals surface area contributed by atoms with Gasteiger partial charge in [-0.05, 0) is 40.4 Å². The van der Waals surface area contributed by atoms with E-state index in [0.717, 1.165) is 6.54 Å². The Labute approximate surface area is 106 Å². The minimum atomic E-state index is 0.440. The Balaban J connectivity index is 2.03. The summed E-state index contributed by atoms with van der Waals surface area (Å²) in [5.41, 5.74) is 3.35. The number of hydrogen-bond donors (Lipinski definition) is 1. The first kappa shape index (κ1) is 10.6. The van der Waals surface area contributed by atoms with Crippen molar-refractivity contribution in [2.45, 2.75) is 43.9 Å². The van der Waals surface area contributed by atoms with Gasteiger partial charge in [-0.15, -0.1) is 0 Å². The van der Waals surface area contributed by atoms with E-state index in [-0.39, 0.29) is 0 Å². The zero-order valence-corrected chi connectivity index (χ0v) is 11.1. The fourth-order valence-electron chi connectivity index (χ4n) is 3.35. The van der Waals surface area contributed by atoms with Crippen LogP contribution in [0.25, 0.3) is 0 Å². The maximum absolute atomic E-state index is 3.65. The van der Waals surface area contributed by atoms with Crippen molar-refractivity contribution in [3.63, 3.8) is 0 Å². The number of rotatable bonds is 0. The number of hydrogen-bond acceptors (Lipinski definition) is 1. The lowest BCUT2D eigenvalue weighted by molar-refractivity contribution is 0.408. The molecule has 1 aliphatic heterocycles. The van der Waals surface area contributed by atoms with Gasteiger partial charge in [0.15, 0.2) is 0 Å². The van der Waals surface area contributed by atoms with E-state index >= 15 is 0 Å². The van der Waals surface area contributed by atoms with Crippen LogP contribution in [0.5, 0.6) is 0 Å². The van der Waals surface area contributed by atoms with Crippen molar-refractivity contribution in [2.24, 2.45) is 0 Å². The largest absolute Gasteiger partial charge is 0.383 e. The van der Waals surface area contributed by atoms with Crippen LogP contribution in [-0.4, -0.2) is 6.54 Å². The van der Waals surface area contributed by atoms with Crippen LogP contribution in [0.1, 0.15) is 44.1 Å². The first-order valence-electron chi connectivity index (χ1n) is 6.35. The fourth-order valence-corrected chi connectivity index (χ4v) is 3.86. The molecule has 1 nitrogen and oxygen atoms in total. The van der Waals surface area contributed by atoms with Crippen molar-refractivity contribution in [2.75, 3.05) is 11.9 Å². The molecule has 1 N–H and O–H groups in total. The SMILES string of the molecule is Brc1cccc2c1NCC21CCCCCC1. The summed E-state index contributed by atoms with van der Waals surface area (Å²) in [6, 6.07) is 6.65. The highest BCUT2D eigenvalue weighted by atomic mass is 79.9. The molecule has 1 aliphatic carbocycles. The molecule has 1 heterocycles. The van der Waals surface area contributed by atoms with Crippen LogP contribution >= 0.6 is 15.9 Å². The van der Waals surface area contributed by atoms with Crippen LogP contribution < -0.4 is 5.32 Å². The number of nitrogens with one attached hydrogen (secondary N) is 1. The summed E-state index contributed by atoms with van der Waals surface area (Å²) in [6.45, 7) is 1.14. The Morgan fingerprint density at radius 2 is 1.81 bits per heavy atom. The highest BCUT2D eigenvalue weighted by molar-refractivity contribution is 9.10. The van der Waals surface area contributed by atoms with Gasteiger partial charge in [0.1, 0.15) is 0 Å². The number of anilines is 1. The summed E-state index contributed by atoms with van der Waals surface area (Å²) in [7, 11) is 0. The van der Waals surface area contributed by atoms with E-state index in [9.17, 15) is 0 Å². The molecule has 2 heteroatoms. The standard InChI is InChI=1S/C14H18BrN/c15-12-7-5-6-11-13(12)16-10-14(11)8-3-1-2-4-9-14/h5-7,16H,1-4,8-10H2. The summed E-state index contributed by atoms with van der Waals surface area (Å²) >= 11 is 3.65. The van der Waals surface area contributed by atoms with Crippen molar-refractivity contribution in [1.82, 2.24) is 0 Å². The summed E-state index contributed by atoms with van der Waals surface area (Å²) in [5.74, 6) is 0. The van der Waals surface area contributed by atoms with Crippen LogP contribution in [0.3, 0.4) is 0 Å². The van der Waals surface area contributed by atoms with E-state index in [1.54, 1.807) is 5.56 Å². The molecule has 0 saturated heterocycles. The van der Waals surface area contributed by atoms with Crippen LogP contribution in [0.15, 0.2) is 22.7 Å². The Morgan fingerprint density at radius 1 is 1.06 bits per heavy atom. The third-order valence-corrected chi connectivity index (χ3v) is 4.91. The molecule has 0 radical (unpaired) electrons. The van der Waals surface area contributed by atoms with Crippen molar-refractivity contribution in [3.8, 4) is 0 Å². The number of benzene rings is 1. The second-order valence-electron chi connectivity index (χ2n) is 5.21. The van der Waals surface area contributed by atoms with Gasteiger partial charge < -0.3 is 5.32 Å². The van der Waals surface area contributed by atoms with Crippen LogP contribution in [-0.2, 0) is 5.41 Å². The topological polar surface area (TPSA) is 12.0 Å². The van der Waals surface area contributed by atoms with E-state index in [4.69, 9.17) is 0 Å². The monoisotopic (exact) mass is 279 g/mol. The number of para-hydroxylation sites is 1. The maximum Gasteiger partial charge on any atom is 0.0523 e. The Morgan fingerprint density at radius 3 is 2.56 bits per heavy atom. The Hall–Kier alpha value is -0.500. The third kappa shape index (κ3) is 1.58. The first-order chi connectivity index (χ1) is 7.82. The summed E-state index contributed by atoms with van der Waals surface area (Å²) < 4.78 is 1.23. The molecule has 1 fully saturated rings. The molecular weight excluding hydrogens is 262 g/mol. The maximum atomic E-state index is 3.65. The lowest BCUT2D eigenvalue weighted by Gasteiger charge is -2.27. The first-order valence-corrected chi connectivity index (χ1v) is 7.14. The van der Waals surface area contributed by atoms with E-state index in [2.05, 4.69) is 39.4 Å². The van der Waals surface area contributed by atoms with E-state index in [1.165, 1.54) is 48.7 Å². The molecule has 16 heavy (non-hydrogen) atoms. The van der Waals surface area contributed by atoms with Crippen molar-refractivity contribution in [1.29, 1.82) is 0 Å². The molecule has 1 spiro atoms. The van der Waals surface area contributed by atoms with Gasteiger partial charge >= 0.3 is 0 Å². The van der Waals surface area contributed by atoms with Crippen LogP contribution in [0, 0.1) is 0 Å². The predicted molar refractivity (Wildman–Crippen MR) is 72.0 cm³/mol. The molecule has 0 atom stereocenters. The van der Waals surface area contributed by atoms with Crippen LogP contribution in [0.2, 0.25) is 0 Å². The van der Waals surface area contributed by atoms with Gasteiger partial charge in [-0.3, -0.25) is 0 Å². The number of fused-ring (bicyclic) bond motifs is 2. The highest BCUT2D eigenvalue weighted by Crippen LogP contribution is 2.47. The molecule has 3 rings (SSSR count).